The van der Waals surface area contributed by atoms with Crippen LogP contribution in [0.2, 0.25) is 0 Å². The third-order valence-corrected chi connectivity index (χ3v) is 3.21. The summed E-state index contributed by atoms with van der Waals surface area (Å²) >= 11 is 0. The molecule has 114 valence electrons. The molecular weight excluding hydrogens is 280 g/mol. The van der Waals surface area contributed by atoms with Crippen molar-refractivity contribution in [1.82, 2.24) is 5.32 Å². The molecule has 2 rings (SSSR count). The van der Waals surface area contributed by atoms with Crippen molar-refractivity contribution in [2.24, 2.45) is 0 Å². The second-order valence-corrected chi connectivity index (χ2v) is 4.92. The molecule has 7 heteroatoms. The van der Waals surface area contributed by atoms with Gasteiger partial charge in [-0.1, -0.05) is 6.92 Å². The molecule has 0 saturated carbocycles. The van der Waals surface area contributed by atoms with E-state index in [9.17, 15) is 18.4 Å². The maximum atomic E-state index is 13.4. The Bertz CT molecular complexity index is 578. The smallest absolute Gasteiger partial charge is 0.249 e. The molecular formula is C14H17F2N3O2. The van der Waals surface area contributed by atoms with Gasteiger partial charge in [-0.2, -0.15) is 0 Å². The Hall–Kier alpha value is -2.18. The number of nitrogens with one attached hydrogen (secondary N) is 2. The molecule has 0 saturated heterocycles. The number of carbonyl (C=O) groups excluding carboxylic acids is 2. The fraction of sp³-hybridized carbons (Fsp3) is 0.429. The van der Waals surface area contributed by atoms with Crippen LogP contribution in [-0.4, -0.2) is 30.9 Å². The Morgan fingerprint density at radius 2 is 2.05 bits per heavy atom. The lowest BCUT2D eigenvalue weighted by Gasteiger charge is -2.33. The summed E-state index contributed by atoms with van der Waals surface area (Å²) in [5, 5.41) is 5.45. The first-order valence-electron chi connectivity index (χ1n) is 6.77. The lowest BCUT2D eigenvalue weighted by Crippen LogP contribution is -2.49. The van der Waals surface area contributed by atoms with Crippen LogP contribution in [0.1, 0.15) is 20.3 Å². The molecule has 2 N–H and O–H groups in total. The maximum Gasteiger partial charge on any atom is 0.249 e. The van der Waals surface area contributed by atoms with Gasteiger partial charge in [0.25, 0.3) is 0 Å². The van der Waals surface area contributed by atoms with Crippen molar-refractivity contribution >= 4 is 23.2 Å². The number of anilines is 2. The normalized spacial score (nSPS) is 17.2. The van der Waals surface area contributed by atoms with Crippen LogP contribution in [0.5, 0.6) is 0 Å². The first-order valence-corrected chi connectivity index (χ1v) is 6.77. The van der Waals surface area contributed by atoms with Gasteiger partial charge >= 0.3 is 0 Å². The number of amides is 2. The van der Waals surface area contributed by atoms with E-state index in [2.05, 4.69) is 10.6 Å². The Labute approximate surface area is 121 Å². The van der Waals surface area contributed by atoms with Crippen LogP contribution in [0, 0.1) is 11.6 Å². The Balaban J connectivity index is 2.30. The predicted molar refractivity (Wildman–Crippen MR) is 75.1 cm³/mol. The maximum absolute atomic E-state index is 13.4. The van der Waals surface area contributed by atoms with Gasteiger partial charge in [-0.15, -0.1) is 0 Å². The number of benzene rings is 1. The third kappa shape index (κ3) is 3.12. The van der Waals surface area contributed by atoms with E-state index in [-0.39, 0.29) is 24.0 Å². The molecule has 0 bridgehead atoms. The molecule has 21 heavy (non-hydrogen) atoms. The summed E-state index contributed by atoms with van der Waals surface area (Å²) in [6.07, 6.45) is 0.772. The number of hydrogen-bond donors (Lipinski definition) is 2. The second-order valence-electron chi connectivity index (χ2n) is 4.92. The van der Waals surface area contributed by atoms with Gasteiger partial charge in [0.1, 0.15) is 12.6 Å². The first kappa shape index (κ1) is 15.2. The van der Waals surface area contributed by atoms with E-state index in [0.717, 1.165) is 18.6 Å². The number of halogens is 2. The van der Waals surface area contributed by atoms with Gasteiger partial charge in [-0.3, -0.25) is 14.5 Å². The summed E-state index contributed by atoms with van der Waals surface area (Å²) in [6.45, 7) is 3.79. The number of hydrogen-bond acceptors (Lipinski definition) is 3. The van der Waals surface area contributed by atoms with Gasteiger partial charge in [-0.25, -0.2) is 8.78 Å². The van der Waals surface area contributed by atoms with E-state index in [0.29, 0.717) is 12.2 Å². The molecule has 1 heterocycles. The molecule has 0 radical (unpaired) electrons. The summed E-state index contributed by atoms with van der Waals surface area (Å²) in [5.74, 6) is -2.76. The van der Waals surface area contributed by atoms with Crippen molar-refractivity contribution in [2.45, 2.75) is 26.3 Å². The van der Waals surface area contributed by atoms with E-state index in [4.69, 9.17) is 0 Å². The molecule has 1 atom stereocenters. The molecule has 1 aliphatic heterocycles. The highest BCUT2D eigenvalue weighted by Gasteiger charge is 2.32. The van der Waals surface area contributed by atoms with Crippen LogP contribution >= 0.6 is 0 Å². The number of nitrogens with zero attached hydrogens (tertiary/aromatic N) is 1. The van der Waals surface area contributed by atoms with Crippen molar-refractivity contribution < 1.29 is 18.4 Å². The molecule has 5 nitrogen and oxygen atoms in total. The molecule has 1 unspecified atom stereocenters. The van der Waals surface area contributed by atoms with E-state index >= 15 is 0 Å². The standard InChI is InChI=1S/C14H17F2N3O2/c1-3-4-17-13(20)7-19-12-6-10(16)9(15)5-11(12)18-8(2)14(19)21/h5-6,8,18H,3-4,7H2,1-2H3,(H,17,20). The van der Waals surface area contributed by atoms with E-state index in [1.165, 1.54) is 4.90 Å². The van der Waals surface area contributed by atoms with Gasteiger partial charge in [0, 0.05) is 18.7 Å². The number of carbonyl (C=O) groups is 2. The second kappa shape index (κ2) is 6.07. The zero-order valence-electron chi connectivity index (χ0n) is 11.9. The lowest BCUT2D eigenvalue weighted by molar-refractivity contribution is -0.124. The van der Waals surface area contributed by atoms with Gasteiger partial charge < -0.3 is 10.6 Å². The lowest BCUT2D eigenvalue weighted by atomic mass is 10.1. The minimum Gasteiger partial charge on any atom is -0.372 e. The van der Waals surface area contributed by atoms with Gasteiger partial charge in [0.05, 0.1) is 11.4 Å². The van der Waals surface area contributed by atoms with Crippen molar-refractivity contribution in [3.63, 3.8) is 0 Å². The largest absolute Gasteiger partial charge is 0.372 e. The summed E-state index contributed by atoms with van der Waals surface area (Å²) in [5.41, 5.74) is 0.466. The summed E-state index contributed by atoms with van der Waals surface area (Å²) in [7, 11) is 0. The van der Waals surface area contributed by atoms with Gasteiger partial charge in [0.15, 0.2) is 11.6 Å². The Kier molecular flexibility index (Phi) is 4.40. The summed E-state index contributed by atoms with van der Waals surface area (Å²) in [4.78, 5) is 25.1. The SMILES string of the molecule is CCCNC(=O)CN1C(=O)C(C)Nc2cc(F)c(F)cc21. The van der Waals surface area contributed by atoms with Crippen LogP contribution in [0.15, 0.2) is 12.1 Å². The zero-order valence-corrected chi connectivity index (χ0v) is 11.9. The molecule has 0 aliphatic carbocycles. The quantitative estimate of drug-likeness (QED) is 0.888. The van der Waals surface area contributed by atoms with Crippen LogP contribution in [0.25, 0.3) is 0 Å². The van der Waals surface area contributed by atoms with E-state index in [1.807, 2.05) is 6.92 Å². The predicted octanol–water partition coefficient (Wildman–Crippen LogP) is 1.64. The van der Waals surface area contributed by atoms with Crippen molar-refractivity contribution in [3.05, 3.63) is 23.8 Å². The number of rotatable bonds is 4. The highest BCUT2D eigenvalue weighted by molar-refractivity contribution is 6.07. The zero-order chi connectivity index (χ0) is 15.6. The fourth-order valence-corrected chi connectivity index (χ4v) is 2.15. The van der Waals surface area contributed by atoms with Crippen molar-refractivity contribution in [2.75, 3.05) is 23.3 Å². The molecule has 0 fully saturated rings. The molecule has 1 aromatic carbocycles. The topological polar surface area (TPSA) is 61.4 Å². The van der Waals surface area contributed by atoms with Gasteiger partial charge in [0.2, 0.25) is 11.8 Å². The Morgan fingerprint density at radius 1 is 1.38 bits per heavy atom. The monoisotopic (exact) mass is 297 g/mol. The molecule has 0 aromatic heterocycles. The average molecular weight is 297 g/mol. The summed E-state index contributed by atoms with van der Waals surface area (Å²) in [6, 6.07) is 1.31. The first-order chi connectivity index (χ1) is 9.93. The average Bonchev–Trinajstić information content (AvgIpc) is 2.44. The third-order valence-electron chi connectivity index (χ3n) is 3.21. The van der Waals surface area contributed by atoms with E-state index < -0.39 is 17.7 Å². The highest BCUT2D eigenvalue weighted by atomic mass is 19.2. The van der Waals surface area contributed by atoms with Crippen LogP contribution in [0.4, 0.5) is 20.2 Å². The van der Waals surface area contributed by atoms with Crippen LogP contribution in [0.3, 0.4) is 0 Å². The Morgan fingerprint density at radius 3 is 2.71 bits per heavy atom. The molecule has 2 amide bonds. The summed E-state index contributed by atoms with van der Waals surface area (Å²) < 4.78 is 26.7. The molecule has 0 spiro atoms. The van der Waals surface area contributed by atoms with E-state index in [1.54, 1.807) is 6.92 Å². The highest BCUT2D eigenvalue weighted by Crippen LogP contribution is 2.33. The molecule has 1 aliphatic rings. The minimum absolute atomic E-state index is 0.170. The van der Waals surface area contributed by atoms with Crippen LogP contribution in [-0.2, 0) is 9.59 Å². The fourth-order valence-electron chi connectivity index (χ4n) is 2.15. The molecule has 1 aromatic rings. The number of fused-ring (bicyclic) bond motifs is 1. The van der Waals surface area contributed by atoms with Crippen LogP contribution < -0.4 is 15.5 Å². The van der Waals surface area contributed by atoms with Crippen molar-refractivity contribution in [3.8, 4) is 0 Å². The van der Waals surface area contributed by atoms with Crippen molar-refractivity contribution in [1.29, 1.82) is 0 Å². The minimum atomic E-state index is -1.06. The van der Waals surface area contributed by atoms with Gasteiger partial charge in [-0.05, 0) is 13.3 Å².